The minimum absolute atomic E-state index is 0.0255. The standard InChI is InChI=1S/C23H25FN6O/c1-15-4-7-18(13-28-20-9-6-17(24)12-27-20)30(14-15)23(31)21-19(8-5-16(2)29-21)22-25-10-3-11-26-22/h3,5-6,8-12,15,18H,4,7,13-14H2,1-2H3,(H,27,28)/t15-,18-/m0/s1. The van der Waals surface area contributed by atoms with Gasteiger partial charge < -0.3 is 10.2 Å². The molecule has 0 spiro atoms. The Hall–Kier alpha value is -3.42. The molecule has 0 radical (unpaired) electrons. The molecule has 1 N–H and O–H groups in total. The second-order valence-corrected chi connectivity index (χ2v) is 7.96. The number of anilines is 1. The molecule has 1 aliphatic heterocycles. The van der Waals surface area contributed by atoms with Gasteiger partial charge in [0.25, 0.3) is 5.91 Å². The van der Waals surface area contributed by atoms with Crippen molar-refractivity contribution in [2.45, 2.75) is 32.7 Å². The van der Waals surface area contributed by atoms with Gasteiger partial charge in [0.2, 0.25) is 0 Å². The number of likely N-dealkylation sites (tertiary alicyclic amines) is 1. The van der Waals surface area contributed by atoms with Crippen LogP contribution in [0.15, 0.2) is 48.9 Å². The van der Waals surface area contributed by atoms with Crippen molar-refractivity contribution in [1.29, 1.82) is 0 Å². The summed E-state index contributed by atoms with van der Waals surface area (Å²) in [5.41, 5.74) is 1.75. The van der Waals surface area contributed by atoms with Crippen LogP contribution < -0.4 is 5.32 Å². The van der Waals surface area contributed by atoms with Crippen LogP contribution in [-0.2, 0) is 0 Å². The number of hydrogen-bond donors (Lipinski definition) is 1. The quantitative estimate of drug-likeness (QED) is 0.677. The first-order chi connectivity index (χ1) is 15.0. The molecule has 0 unspecified atom stereocenters. The SMILES string of the molecule is Cc1ccc(-c2ncccn2)c(C(=O)N2C[C@@H](C)CC[C@H]2CNc2ccc(F)cn2)n1. The third kappa shape index (κ3) is 4.84. The minimum Gasteiger partial charge on any atom is -0.368 e. The molecule has 0 aliphatic carbocycles. The second-order valence-electron chi connectivity index (χ2n) is 7.96. The Labute approximate surface area is 180 Å². The number of carbonyl (C=O) groups excluding carboxylic acids is 1. The van der Waals surface area contributed by atoms with Gasteiger partial charge in [0.05, 0.1) is 11.8 Å². The predicted octanol–water partition coefficient (Wildman–Crippen LogP) is 3.73. The summed E-state index contributed by atoms with van der Waals surface area (Å²) < 4.78 is 13.1. The lowest BCUT2D eigenvalue weighted by Gasteiger charge is -2.39. The molecule has 3 aromatic rings. The van der Waals surface area contributed by atoms with E-state index in [-0.39, 0.29) is 17.8 Å². The fraction of sp³-hybridized carbons (Fsp3) is 0.348. The average Bonchev–Trinajstić information content (AvgIpc) is 2.79. The molecule has 0 bridgehead atoms. The van der Waals surface area contributed by atoms with E-state index in [1.807, 2.05) is 24.0 Å². The summed E-state index contributed by atoms with van der Waals surface area (Å²) in [5.74, 6) is 0.949. The number of pyridine rings is 2. The average molecular weight is 420 g/mol. The van der Waals surface area contributed by atoms with Crippen LogP contribution >= 0.6 is 0 Å². The highest BCUT2D eigenvalue weighted by Gasteiger charge is 2.32. The van der Waals surface area contributed by atoms with Gasteiger partial charge >= 0.3 is 0 Å². The number of nitrogens with zero attached hydrogens (tertiary/aromatic N) is 5. The first kappa shape index (κ1) is 20.8. The maximum atomic E-state index is 13.7. The van der Waals surface area contributed by atoms with Crippen LogP contribution in [0.5, 0.6) is 0 Å². The largest absolute Gasteiger partial charge is 0.368 e. The van der Waals surface area contributed by atoms with Crippen LogP contribution in [0.1, 0.15) is 35.9 Å². The summed E-state index contributed by atoms with van der Waals surface area (Å²) in [4.78, 5) is 32.8. The summed E-state index contributed by atoms with van der Waals surface area (Å²) in [5, 5.41) is 3.23. The number of piperidine rings is 1. The Kier molecular flexibility index (Phi) is 6.16. The summed E-state index contributed by atoms with van der Waals surface area (Å²) in [6.07, 6.45) is 6.38. The molecule has 0 saturated carbocycles. The first-order valence-electron chi connectivity index (χ1n) is 10.4. The van der Waals surface area contributed by atoms with E-state index in [2.05, 4.69) is 32.2 Å². The monoisotopic (exact) mass is 420 g/mol. The normalized spacial score (nSPS) is 18.6. The number of aromatic nitrogens is 4. The zero-order chi connectivity index (χ0) is 21.8. The number of nitrogens with one attached hydrogen (secondary N) is 1. The van der Waals surface area contributed by atoms with Crippen molar-refractivity contribution < 1.29 is 9.18 Å². The molecular weight excluding hydrogens is 395 g/mol. The molecule has 160 valence electrons. The topological polar surface area (TPSA) is 83.9 Å². The minimum atomic E-state index is -0.380. The molecule has 0 aromatic carbocycles. The maximum absolute atomic E-state index is 13.7. The number of amides is 1. The summed E-state index contributed by atoms with van der Waals surface area (Å²) >= 11 is 0. The van der Waals surface area contributed by atoms with Gasteiger partial charge in [-0.1, -0.05) is 6.92 Å². The van der Waals surface area contributed by atoms with E-state index in [0.29, 0.717) is 41.9 Å². The van der Waals surface area contributed by atoms with E-state index < -0.39 is 0 Å². The van der Waals surface area contributed by atoms with Gasteiger partial charge in [-0.3, -0.25) is 4.79 Å². The smallest absolute Gasteiger partial charge is 0.273 e. The lowest BCUT2D eigenvalue weighted by atomic mass is 9.93. The van der Waals surface area contributed by atoms with Gasteiger partial charge in [0.1, 0.15) is 17.3 Å². The zero-order valence-electron chi connectivity index (χ0n) is 17.6. The molecule has 1 saturated heterocycles. The highest BCUT2D eigenvalue weighted by Crippen LogP contribution is 2.27. The lowest BCUT2D eigenvalue weighted by molar-refractivity contribution is 0.0560. The second kappa shape index (κ2) is 9.16. The van der Waals surface area contributed by atoms with Gasteiger partial charge in [-0.25, -0.2) is 24.3 Å². The third-order valence-electron chi connectivity index (χ3n) is 5.49. The van der Waals surface area contributed by atoms with Crippen molar-refractivity contribution in [3.8, 4) is 11.4 Å². The number of hydrogen-bond acceptors (Lipinski definition) is 6. The van der Waals surface area contributed by atoms with Crippen molar-refractivity contribution in [3.63, 3.8) is 0 Å². The predicted molar refractivity (Wildman–Crippen MR) is 116 cm³/mol. The van der Waals surface area contributed by atoms with E-state index in [4.69, 9.17) is 0 Å². The fourth-order valence-electron chi connectivity index (χ4n) is 3.85. The van der Waals surface area contributed by atoms with Crippen molar-refractivity contribution in [1.82, 2.24) is 24.8 Å². The zero-order valence-corrected chi connectivity index (χ0v) is 17.6. The van der Waals surface area contributed by atoms with Crippen LogP contribution in [-0.4, -0.2) is 49.9 Å². The van der Waals surface area contributed by atoms with E-state index in [0.717, 1.165) is 18.5 Å². The molecular formula is C23H25FN6O. The Morgan fingerprint density at radius 2 is 1.97 bits per heavy atom. The molecule has 1 aliphatic rings. The van der Waals surface area contributed by atoms with Crippen LogP contribution in [0.4, 0.5) is 10.2 Å². The van der Waals surface area contributed by atoms with Crippen LogP contribution in [0.3, 0.4) is 0 Å². The van der Waals surface area contributed by atoms with Crippen molar-refractivity contribution in [3.05, 3.63) is 66.1 Å². The molecule has 1 fully saturated rings. The van der Waals surface area contributed by atoms with Gasteiger partial charge in [0.15, 0.2) is 5.82 Å². The number of aryl methyl sites for hydroxylation is 1. The Morgan fingerprint density at radius 1 is 1.16 bits per heavy atom. The molecule has 4 rings (SSSR count). The molecule has 7 nitrogen and oxygen atoms in total. The van der Waals surface area contributed by atoms with Crippen molar-refractivity contribution in [2.24, 2.45) is 5.92 Å². The number of carbonyl (C=O) groups is 1. The summed E-state index contributed by atoms with van der Waals surface area (Å²) in [6.45, 7) is 5.19. The van der Waals surface area contributed by atoms with Gasteiger partial charge in [0, 0.05) is 37.2 Å². The van der Waals surface area contributed by atoms with Gasteiger partial charge in [-0.2, -0.15) is 0 Å². The van der Waals surface area contributed by atoms with E-state index >= 15 is 0 Å². The number of halogens is 1. The Balaban J connectivity index is 1.60. The Morgan fingerprint density at radius 3 is 2.71 bits per heavy atom. The Bertz CT molecular complexity index is 1040. The molecule has 1 amide bonds. The van der Waals surface area contributed by atoms with Gasteiger partial charge in [-0.15, -0.1) is 0 Å². The van der Waals surface area contributed by atoms with Crippen molar-refractivity contribution >= 4 is 11.7 Å². The van der Waals surface area contributed by atoms with Crippen molar-refractivity contribution in [2.75, 3.05) is 18.4 Å². The first-order valence-corrected chi connectivity index (χ1v) is 10.4. The molecule has 2 atom stereocenters. The van der Waals surface area contributed by atoms with E-state index in [1.54, 1.807) is 24.5 Å². The molecule has 3 aromatic heterocycles. The highest BCUT2D eigenvalue weighted by atomic mass is 19.1. The van der Waals surface area contributed by atoms with Crippen LogP contribution in [0.25, 0.3) is 11.4 Å². The van der Waals surface area contributed by atoms with Crippen LogP contribution in [0, 0.1) is 18.7 Å². The fourth-order valence-corrected chi connectivity index (χ4v) is 3.85. The lowest BCUT2D eigenvalue weighted by Crippen LogP contribution is -2.49. The highest BCUT2D eigenvalue weighted by molar-refractivity contribution is 5.98. The molecule has 31 heavy (non-hydrogen) atoms. The summed E-state index contributed by atoms with van der Waals surface area (Å²) in [6, 6.07) is 8.39. The van der Waals surface area contributed by atoms with Crippen LogP contribution in [0.2, 0.25) is 0 Å². The van der Waals surface area contributed by atoms with Gasteiger partial charge in [-0.05, 0) is 56.0 Å². The summed E-state index contributed by atoms with van der Waals surface area (Å²) in [7, 11) is 0. The third-order valence-corrected chi connectivity index (χ3v) is 5.49. The maximum Gasteiger partial charge on any atom is 0.273 e. The van der Waals surface area contributed by atoms with E-state index in [9.17, 15) is 9.18 Å². The van der Waals surface area contributed by atoms with E-state index in [1.165, 1.54) is 12.3 Å². The molecule has 8 heteroatoms. The molecule has 4 heterocycles. The number of rotatable bonds is 5.